The predicted molar refractivity (Wildman–Crippen MR) is 70.3 cm³/mol. The molecule has 1 aromatic carbocycles. The van der Waals surface area contributed by atoms with E-state index in [9.17, 15) is 27.9 Å². The van der Waals surface area contributed by atoms with E-state index in [1.54, 1.807) is 12.2 Å². The van der Waals surface area contributed by atoms with Crippen LogP contribution in [0.15, 0.2) is 24.3 Å². The number of hydrogen-bond acceptors (Lipinski definition) is 2. The van der Waals surface area contributed by atoms with Gasteiger partial charge in [0.15, 0.2) is 17.5 Å². The number of anilines is 1. The molecule has 0 saturated heterocycles. The first-order valence-electron chi connectivity index (χ1n) is 6.75. The average Bonchev–Trinajstić information content (AvgIpc) is 3.08. The van der Waals surface area contributed by atoms with Crippen LogP contribution in [0.1, 0.15) is 6.42 Å². The van der Waals surface area contributed by atoms with Crippen LogP contribution in [0.4, 0.5) is 18.9 Å². The summed E-state index contributed by atoms with van der Waals surface area (Å²) in [6.07, 6.45) is 4.09. The van der Waals surface area contributed by atoms with Crippen LogP contribution in [0, 0.1) is 41.1 Å². The smallest absolute Gasteiger partial charge is 0.307 e. The Hall–Kier alpha value is -2.31. The topological polar surface area (TPSA) is 66.4 Å². The van der Waals surface area contributed by atoms with Gasteiger partial charge in [-0.3, -0.25) is 9.59 Å². The van der Waals surface area contributed by atoms with E-state index in [2.05, 4.69) is 5.32 Å². The van der Waals surface area contributed by atoms with E-state index in [1.165, 1.54) is 0 Å². The normalized spacial score (nSPS) is 28.9. The summed E-state index contributed by atoms with van der Waals surface area (Å²) in [6, 6.07) is 1.61. The molecule has 0 radical (unpaired) electrons. The minimum Gasteiger partial charge on any atom is -0.481 e. The minimum atomic E-state index is -1.68. The van der Waals surface area contributed by atoms with Gasteiger partial charge in [0.2, 0.25) is 5.91 Å². The molecule has 0 unspecified atom stereocenters. The molecule has 4 nitrogen and oxygen atoms in total. The Morgan fingerprint density at radius 3 is 2.32 bits per heavy atom. The Balaban J connectivity index is 1.85. The number of carboxylic acid groups (broad SMARTS) is 1. The number of halogens is 3. The first-order valence-corrected chi connectivity index (χ1v) is 6.75. The van der Waals surface area contributed by atoms with E-state index in [0.717, 1.165) is 6.07 Å². The third-order valence-electron chi connectivity index (χ3n) is 4.34. The second-order valence-corrected chi connectivity index (χ2v) is 5.55. The second-order valence-electron chi connectivity index (χ2n) is 5.55. The van der Waals surface area contributed by atoms with Gasteiger partial charge in [-0.1, -0.05) is 12.2 Å². The first kappa shape index (κ1) is 14.6. The van der Waals surface area contributed by atoms with Crippen molar-refractivity contribution >= 4 is 17.6 Å². The molecule has 0 aromatic heterocycles. The van der Waals surface area contributed by atoms with E-state index < -0.39 is 46.9 Å². The molecule has 0 spiro atoms. The van der Waals surface area contributed by atoms with Crippen molar-refractivity contribution in [2.24, 2.45) is 23.7 Å². The van der Waals surface area contributed by atoms with E-state index in [0.29, 0.717) is 12.5 Å². The summed E-state index contributed by atoms with van der Waals surface area (Å²) in [7, 11) is 0. The lowest BCUT2D eigenvalue weighted by molar-refractivity contribution is -0.146. The quantitative estimate of drug-likeness (QED) is 0.666. The van der Waals surface area contributed by atoms with E-state index >= 15 is 0 Å². The molecule has 0 aliphatic heterocycles. The van der Waals surface area contributed by atoms with Gasteiger partial charge in [-0.15, -0.1) is 0 Å². The fraction of sp³-hybridized carbons (Fsp3) is 0.333. The molecule has 7 heteroatoms. The van der Waals surface area contributed by atoms with Crippen molar-refractivity contribution in [1.29, 1.82) is 0 Å². The van der Waals surface area contributed by atoms with Crippen molar-refractivity contribution < 1.29 is 27.9 Å². The SMILES string of the molecule is O=C(O)[C@@H]1[C@@H](C(=O)Nc2ccc(F)c(F)c2F)[C@H]2C=C[C@H]1C2. The Bertz CT molecular complexity index is 689. The zero-order chi connectivity index (χ0) is 16.0. The summed E-state index contributed by atoms with van der Waals surface area (Å²) in [6.45, 7) is 0. The molecular weight excluding hydrogens is 299 g/mol. The number of rotatable bonds is 3. The number of allylic oxidation sites excluding steroid dienone is 2. The summed E-state index contributed by atoms with van der Waals surface area (Å²) in [4.78, 5) is 23.6. The van der Waals surface area contributed by atoms with Crippen molar-refractivity contribution in [2.45, 2.75) is 6.42 Å². The zero-order valence-corrected chi connectivity index (χ0v) is 11.2. The lowest BCUT2D eigenvalue weighted by Gasteiger charge is -2.24. The zero-order valence-electron chi connectivity index (χ0n) is 11.2. The van der Waals surface area contributed by atoms with E-state index in [4.69, 9.17) is 0 Å². The fourth-order valence-corrected chi connectivity index (χ4v) is 3.35. The number of carbonyl (C=O) groups is 2. The van der Waals surface area contributed by atoms with Gasteiger partial charge in [-0.05, 0) is 30.4 Å². The average molecular weight is 311 g/mol. The highest BCUT2D eigenvalue weighted by Crippen LogP contribution is 2.48. The summed E-state index contributed by atoms with van der Waals surface area (Å²) >= 11 is 0. The first-order chi connectivity index (χ1) is 10.4. The number of carboxylic acids is 1. The summed E-state index contributed by atoms with van der Waals surface area (Å²) < 4.78 is 39.6. The highest BCUT2D eigenvalue weighted by atomic mass is 19.2. The largest absolute Gasteiger partial charge is 0.481 e. The van der Waals surface area contributed by atoms with Gasteiger partial charge in [-0.25, -0.2) is 13.2 Å². The minimum absolute atomic E-state index is 0.229. The molecule has 116 valence electrons. The standard InChI is InChI=1S/C15H12F3NO3/c16-8-3-4-9(13(18)12(8)17)19-14(20)10-6-1-2-7(5-6)11(10)15(21)22/h1-4,6-7,10-11H,5H2,(H,19,20)(H,21,22)/t6-,7-,10-,11-/m0/s1. The maximum Gasteiger partial charge on any atom is 0.307 e. The van der Waals surface area contributed by atoms with Gasteiger partial charge in [0.25, 0.3) is 0 Å². The summed E-state index contributed by atoms with van der Waals surface area (Å²) in [5, 5.41) is 11.4. The summed E-state index contributed by atoms with van der Waals surface area (Å²) in [5.41, 5.74) is -0.500. The number of amides is 1. The van der Waals surface area contributed by atoms with E-state index in [1.807, 2.05) is 0 Å². The second kappa shape index (κ2) is 5.15. The van der Waals surface area contributed by atoms with E-state index in [-0.39, 0.29) is 11.8 Å². The summed E-state index contributed by atoms with van der Waals surface area (Å²) in [5.74, 6) is -8.53. The lowest BCUT2D eigenvalue weighted by atomic mass is 9.82. The molecule has 22 heavy (non-hydrogen) atoms. The monoisotopic (exact) mass is 311 g/mol. The molecule has 3 rings (SSSR count). The molecule has 2 aliphatic rings. The molecule has 2 bridgehead atoms. The Labute approximate surface area is 123 Å². The van der Waals surface area contributed by atoms with Crippen LogP contribution in [0.2, 0.25) is 0 Å². The number of hydrogen-bond donors (Lipinski definition) is 2. The molecule has 4 atom stereocenters. The van der Waals surface area contributed by atoms with Gasteiger partial charge in [0.05, 0.1) is 17.5 Å². The van der Waals surface area contributed by atoms with Crippen LogP contribution in [0.3, 0.4) is 0 Å². The highest BCUT2D eigenvalue weighted by molar-refractivity contribution is 5.96. The van der Waals surface area contributed by atoms with Crippen molar-refractivity contribution in [2.75, 3.05) is 5.32 Å². The number of nitrogens with one attached hydrogen (secondary N) is 1. The molecule has 1 amide bonds. The molecule has 2 N–H and O–H groups in total. The van der Waals surface area contributed by atoms with Gasteiger partial charge in [0.1, 0.15) is 0 Å². The number of fused-ring (bicyclic) bond motifs is 2. The molecule has 1 aromatic rings. The maximum absolute atomic E-state index is 13.6. The van der Waals surface area contributed by atoms with Gasteiger partial charge in [0, 0.05) is 0 Å². The molecule has 0 heterocycles. The van der Waals surface area contributed by atoms with Crippen LogP contribution < -0.4 is 5.32 Å². The van der Waals surface area contributed by atoms with Gasteiger partial charge in [-0.2, -0.15) is 0 Å². The third-order valence-corrected chi connectivity index (χ3v) is 4.34. The number of carbonyl (C=O) groups excluding carboxylic acids is 1. The van der Waals surface area contributed by atoms with Crippen LogP contribution in [-0.2, 0) is 9.59 Å². The lowest BCUT2D eigenvalue weighted by Crippen LogP contribution is -2.36. The predicted octanol–water partition coefficient (Wildman–Crippen LogP) is 2.57. The molecule has 1 fully saturated rings. The molecule has 1 saturated carbocycles. The van der Waals surface area contributed by atoms with Crippen LogP contribution >= 0.6 is 0 Å². The van der Waals surface area contributed by atoms with Crippen molar-refractivity contribution in [3.8, 4) is 0 Å². The van der Waals surface area contributed by atoms with Gasteiger partial charge >= 0.3 is 5.97 Å². The fourth-order valence-electron chi connectivity index (χ4n) is 3.35. The van der Waals surface area contributed by atoms with Gasteiger partial charge < -0.3 is 10.4 Å². The third kappa shape index (κ3) is 2.17. The number of benzene rings is 1. The highest BCUT2D eigenvalue weighted by Gasteiger charge is 2.51. The van der Waals surface area contributed by atoms with Crippen molar-refractivity contribution in [1.82, 2.24) is 0 Å². The maximum atomic E-state index is 13.6. The Morgan fingerprint density at radius 1 is 1.05 bits per heavy atom. The van der Waals surface area contributed by atoms with Crippen molar-refractivity contribution in [3.63, 3.8) is 0 Å². The Morgan fingerprint density at radius 2 is 1.68 bits per heavy atom. The molecular formula is C15H12F3NO3. The van der Waals surface area contributed by atoms with Crippen LogP contribution in [0.5, 0.6) is 0 Å². The Kier molecular flexibility index (Phi) is 3.42. The molecule has 2 aliphatic carbocycles. The number of aliphatic carboxylic acids is 1. The van der Waals surface area contributed by atoms with Crippen LogP contribution in [0.25, 0.3) is 0 Å². The van der Waals surface area contributed by atoms with Crippen molar-refractivity contribution in [3.05, 3.63) is 41.7 Å². The van der Waals surface area contributed by atoms with Crippen LogP contribution in [-0.4, -0.2) is 17.0 Å².